The molecular formula is C14H25N3OS. The van der Waals surface area contributed by atoms with Crippen molar-refractivity contribution in [3.63, 3.8) is 0 Å². The molecule has 0 aromatic rings. The van der Waals surface area contributed by atoms with Crippen LogP contribution in [0.15, 0.2) is 12.4 Å². The number of carbonyl (C=O) groups is 1. The molecule has 0 saturated carbocycles. The van der Waals surface area contributed by atoms with Crippen molar-refractivity contribution in [3.05, 3.63) is 12.4 Å². The van der Waals surface area contributed by atoms with Gasteiger partial charge in [0.25, 0.3) is 0 Å². The molecule has 0 aliphatic carbocycles. The Morgan fingerprint density at radius 2 is 2.32 bits per heavy atom. The van der Waals surface area contributed by atoms with Gasteiger partial charge in [0.15, 0.2) is 0 Å². The lowest BCUT2D eigenvalue weighted by Gasteiger charge is -2.17. The fraction of sp³-hybridized carbons (Fsp3) is 0.786. The first-order chi connectivity index (χ1) is 9.20. The lowest BCUT2D eigenvalue weighted by molar-refractivity contribution is -0.121. The van der Waals surface area contributed by atoms with Crippen molar-refractivity contribution in [3.8, 4) is 0 Å². The Labute approximate surface area is 120 Å². The van der Waals surface area contributed by atoms with Gasteiger partial charge in [-0.3, -0.25) is 4.79 Å². The molecule has 3 N–H and O–H groups in total. The van der Waals surface area contributed by atoms with Crippen LogP contribution in [0, 0.1) is 0 Å². The molecule has 0 aromatic heterocycles. The van der Waals surface area contributed by atoms with Gasteiger partial charge in [0.1, 0.15) is 0 Å². The summed E-state index contributed by atoms with van der Waals surface area (Å²) in [5.41, 5.74) is 0. The second kappa shape index (κ2) is 7.08. The van der Waals surface area contributed by atoms with Gasteiger partial charge in [-0.25, -0.2) is 0 Å². The minimum atomic E-state index is 0.202. The van der Waals surface area contributed by atoms with Crippen LogP contribution in [0.25, 0.3) is 0 Å². The number of amides is 1. The average molecular weight is 283 g/mol. The summed E-state index contributed by atoms with van der Waals surface area (Å²) in [4.78, 5) is 11.5. The third-order valence-corrected chi connectivity index (χ3v) is 5.25. The van der Waals surface area contributed by atoms with Crippen molar-refractivity contribution >= 4 is 17.7 Å². The molecule has 2 heterocycles. The van der Waals surface area contributed by atoms with Crippen LogP contribution in [0.5, 0.6) is 0 Å². The molecule has 2 saturated heterocycles. The molecule has 1 amide bonds. The maximum absolute atomic E-state index is 11.5. The van der Waals surface area contributed by atoms with Crippen molar-refractivity contribution in [1.29, 1.82) is 0 Å². The summed E-state index contributed by atoms with van der Waals surface area (Å²) in [6.45, 7) is 6.81. The molecule has 2 aliphatic heterocycles. The van der Waals surface area contributed by atoms with E-state index in [0.29, 0.717) is 23.8 Å². The van der Waals surface area contributed by atoms with Gasteiger partial charge in [0, 0.05) is 24.0 Å². The summed E-state index contributed by atoms with van der Waals surface area (Å²) in [6.07, 6.45) is 5.00. The van der Waals surface area contributed by atoms with E-state index in [4.69, 9.17) is 0 Å². The Morgan fingerprint density at radius 1 is 1.47 bits per heavy atom. The van der Waals surface area contributed by atoms with Crippen LogP contribution in [-0.2, 0) is 4.79 Å². The van der Waals surface area contributed by atoms with E-state index in [0.717, 1.165) is 31.6 Å². The molecule has 0 radical (unpaired) electrons. The molecule has 2 rings (SSSR count). The number of hydrogen-bond donors (Lipinski definition) is 3. The molecule has 3 unspecified atom stereocenters. The first-order valence-corrected chi connectivity index (χ1v) is 8.36. The Balaban J connectivity index is 1.59. The highest BCUT2D eigenvalue weighted by atomic mass is 32.2. The van der Waals surface area contributed by atoms with E-state index in [2.05, 4.69) is 29.5 Å². The summed E-state index contributed by atoms with van der Waals surface area (Å²) in [6, 6.07) is 1.08. The van der Waals surface area contributed by atoms with Gasteiger partial charge >= 0.3 is 0 Å². The molecule has 108 valence electrons. The number of rotatable bonds is 7. The van der Waals surface area contributed by atoms with E-state index in [9.17, 15) is 4.79 Å². The van der Waals surface area contributed by atoms with Crippen LogP contribution >= 0.6 is 11.8 Å². The summed E-state index contributed by atoms with van der Waals surface area (Å²) in [5.74, 6) is 2.34. The van der Waals surface area contributed by atoms with Crippen LogP contribution < -0.4 is 16.0 Å². The normalized spacial score (nSPS) is 28.7. The number of nitrogens with one attached hydrogen (secondary N) is 3. The molecule has 2 fully saturated rings. The maximum Gasteiger partial charge on any atom is 0.219 e. The predicted octanol–water partition coefficient (Wildman–Crippen LogP) is 1.59. The van der Waals surface area contributed by atoms with Gasteiger partial charge in [-0.2, -0.15) is 11.8 Å². The predicted molar refractivity (Wildman–Crippen MR) is 81.0 cm³/mol. The van der Waals surface area contributed by atoms with E-state index < -0.39 is 0 Å². The summed E-state index contributed by atoms with van der Waals surface area (Å²) in [7, 11) is 0. The minimum absolute atomic E-state index is 0.202. The maximum atomic E-state index is 11.5. The quantitative estimate of drug-likeness (QED) is 0.621. The fourth-order valence-corrected chi connectivity index (χ4v) is 4.28. The highest BCUT2D eigenvalue weighted by Crippen LogP contribution is 2.34. The second-order valence-corrected chi connectivity index (χ2v) is 6.64. The van der Waals surface area contributed by atoms with Gasteiger partial charge < -0.3 is 16.0 Å². The zero-order valence-electron chi connectivity index (χ0n) is 11.7. The second-order valence-electron chi connectivity index (χ2n) is 5.37. The molecule has 2 aliphatic rings. The Bertz CT molecular complexity index is 335. The molecule has 19 heavy (non-hydrogen) atoms. The standard InChI is InChI=1S/C14H25N3OS/c1-3-8-15-13(18)7-5-4-6-12-14-11(9-19-12)16-10(2)17-14/h11-12,14,16-17H,2-9H2,1H3,(H,15,18). The van der Waals surface area contributed by atoms with E-state index in [1.807, 2.05) is 11.8 Å². The topological polar surface area (TPSA) is 53.2 Å². The van der Waals surface area contributed by atoms with E-state index in [-0.39, 0.29) is 5.91 Å². The molecule has 0 bridgehead atoms. The SMILES string of the molecule is C=C1NC2CSC(CCCCC(=O)NCCC)C2N1. The Morgan fingerprint density at radius 3 is 3.11 bits per heavy atom. The van der Waals surface area contributed by atoms with Crippen molar-refractivity contribution in [2.24, 2.45) is 0 Å². The molecule has 0 aromatic carbocycles. The molecule has 0 spiro atoms. The molecule has 4 nitrogen and oxygen atoms in total. The highest BCUT2D eigenvalue weighted by Gasteiger charge is 2.40. The van der Waals surface area contributed by atoms with Gasteiger partial charge in [-0.05, 0) is 19.3 Å². The van der Waals surface area contributed by atoms with Gasteiger partial charge in [0.2, 0.25) is 5.91 Å². The van der Waals surface area contributed by atoms with Crippen LogP contribution in [0.2, 0.25) is 0 Å². The van der Waals surface area contributed by atoms with Crippen molar-refractivity contribution < 1.29 is 4.79 Å². The van der Waals surface area contributed by atoms with E-state index >= 15 is 0 Å². The smallest absolute Gasteiger partial charge is 0.219 e. The lowest BCUT2D eigenvalue weighted by atomic mass is 10.0. The highest BCUT2D eigenvalue weighted by molar-refractivity contribution is 8.00. The summed E-state index contributed by atoms with van der Waals surface area (Å²) >= 11 is 2.04. The largest absolute Gasteiger partial charge is 0.367 e. The van der Waals surface area contributed by atoms with Crippen molar-refractivity contribution in [1.82, 2.24) is 16.0 Å². The van der Waals surface area contributed by atoms with Crippen LogP contribution in [0.4, 0.5) is 0 Å². The number of unbranched alkanes of at least 4 members (excludes halogenated alkanes) is 1. The fourth-order valence-electron chi connectivity index (χ4n) is 2.73. The zero-order chi connectivity index (χ0) is 13.7. The lowest BCUT2D eigenvalue weighted by Crippen LogP contribution is -2.36. The number of hydrogen-bond acceptors (Lipinski definition) is 4. The van der Waals surface area contributed by atoms with Crippen molar-refractivity contribution in [2.75, 3.05) is 12.3 Å². The van der Waals surface area contributed by atoms with Gasteiger partial charge in [-0.15, -0.1) is 0 Å². The van der Waals surface area contributed by atoms with Gasteiger partial charge in [-0.1, -0.05) is 19.9 Å². The minimum Gasteiger partial charge on any atom is -0.367 e. The molecular weight excluding hydrogens is 258 g/mol. The Kier molecular flexibility index (Phi) is 5.43. The van der Waals surface area contributed by atoms with Crippen LogP contribution in [0.1, 0.15) is 39.0 Å². The van der Waals surface area contributed by atoms with Crippen molar-refractivity contribution in [2.45, 2.75) is 56.4 Å². The number of thioether (sulfide) groups is 1. The van der Waals surface area contributed by atoms with Crippen LogP contribution in [0.3, 0.4) is 0 Å². The monoisotopic (exact) mass is 283 g/mol. The number of carbonyl (C=O) groups excluding carboxylic acids is 1. The third-order valence-electron chi connectivity index (χ3n) is 3.74. The number of fused-ring (bicyclic) bond motifs is 1. The van der Waals surface area contributed by atoms with Gasteiger partial charge in [0.05, 0.1) is 17.9 Å². The van der Waals surface area contributed by atoms with E-state index in [1.165, 1.54) is 12.2 Å². The molecule has 5 heteroatoms. The van der Waals surface area contributed by atoms with E-state index in [1.54, 1.807) is 0 Å². The zero-order valence-corrected chi connectivity index (χ0v) is 12.5. The third kappa shape index (κ3) is 4.06. The average Bonchev–Trinajstić information content (AvgIpc) is 2.92. The first-order valence-electron chi connectivity index (χ1n) is 7.31. The molecule has 3 atom stereocenters. The summed E-state index contributed by atoms with van der Waals surface area (Å²) < 4.78 is 0. The first kappa shape index (κ1) is 14.6. The van der Waals surface area contributed by atoms with Crippen LogP contribution in [-0.4, -0.2) is 35.5 Å². The Hall–Kier alpha value is -0.840. The summed E-state index contributed by atoms with van der Waals surface area (Å²) in [5, 5.41) is 10.4.